The Bertz CT molecular complexity index is 911. The van der Waals surface area contributed by atoms with E-state index < -0.39 is 5.97 Å². The molecule has 0 amide bonds. The maximum atomic E-state index is 11.6. The van der Waals surface area contributed by atoms with Gasteiger partial charge in [-0.25, -0.2) is 4.79 Å². The maximum Gasteiger partial charge on any atom is 0.358 e. The van der Waals surface area contributed by atoms with Gasteiger partial charge in [-0.05, 0) is 43.8 Å². The lowest BCUT2D eigenvalue weighted by molar-refractivity contribution is -0.129. The summed E-state index contributed by atoms with van der Waals surface area (Å²) in [6, 6.07) is 6.78. The first-order valence-corrected chi connectivity index (χ1v) is 9.20. The Morgan fingerprint density at radius 2 is 1.97 bits per heavy atom. The van der Waals surface area contributed by atoms with E-state index in [9.17, 15) is 9.90 Å². The van der Waals surface area contributed by atoms with Crippen molar-refractivity contribution in [1.29, 1.82) is 0 Å². The van der Waals surface area contributed by atoms with Crippen LogP contribution < -0.4 is 0 Å². The average molecular weight is 401 g/mol. The van der Waals surface area contributed by atoms with Crippen molar-refractivity contribution in [3.05, 3.63) is 52.4 Å². The third-order valence-corrected chi connectivity index (χ3v) is 4.49. The van der Waals surface area contributed by atoms with Crippen molar-refractivity contribution in [1.82, 2.24) is 5.16 Å². The molecule has 0 unspecified atom stereocenters. The van der Waals surface area contributed by atoms with Crippen molar-refractivity contribution in [3.63, 3.8) is 0 Å². The second kappa shape index (κ2) is 9.22. The van der Waals surface area contributed by atoms with E-state index in [0.29, 0.717) is 29.4 Å². The van der Waals surface area contributed by atoms with Gasteiger partial charge in [-0.2, -0.15) is 0 Å². The van der Waals surface area contributed by atoms with Crippen LogP contribution in [0.4, 0.5) is 0 Å². The number of carboxylic acids is 1. The molecule has 154 valence electrons. The normalized spacial score (nSPS) is 14.6. The van der Waals surface area contributed by atoms with Crippen LogP contribution in [0.2, 0.25) is 0 Å². The van der Waals surface area contributed by atoms with Crippen molar-refractivity contribution in [2.75, 3.05) is 13.7 Å². The number of rotatable bonds is 9. The monoisotopic (exact) mass is 401 g/mol. The smallest absolute Gasteiger partial charge is 0.358 e. The molecule has 0 radical (unpaired) electrons. The number of nitrogens with zero attached hydrogens (tertiary/aromatic N) is 3. The SMILES string of the molecule is CON=C(C(=O)O)c1ccccc1C(=NOCc1c(C)noc1C)OCC1CC1. The number of oxime groups is 2. The maximum absolute atomic E-state index is 11.6. The topological polar surface area (TPSA) is 116 Å². The third-order valence-electron chi connectivity index (χ3n) is 4.49. The molecule has 0 atom stereocenters. The molecule has 1 aliphatic carbocycles. The molecule has 1 aliphatic rings. The summed E-state index contributed by atoms with van der Waals surface area (Å²) >= 11 is 0. The summed E-state index contributed by atoms with van der Waals surface area (Å²) in [6.45, 7) is 4.24. The summed E-state index contributed by atoms with van der Waals surface area (Å²) < 4.78 is 11.0. The molecule has 1 aromatic carbocycles. The Balaban J connectivity index is 1.90. The van der Waals surface area contributed by atoms with Crippen LogP contribution >= 0.6 is 0 Å². The van der Waals surface area contributed by atoms with Crippen molar-refractivity contribution < 1.29 is 28.8 Å². The Morgan fingerprint density at radius 3 is 2.55 bits per heavy atom. The second-order valence-electron chi connectivity index (χ2n) is 6.70. The molecule has 9 nitrogen and oxygen atoms in total. The van der Waals surface area contributed by atoms with E-state index in [1.165, 1.54) is 7.11 Å². The van der Waals surface area contributed by atoms with Gasteiger partial charge in [0.1, 0.15) is 19.5 Å². The highest BCUT2D eigenvalue weighted by Crippen LogP contribution is 2.29. The highest BCUT2D eigenvalue weighted by molar-refractivity contribution is 6.43. The van der Waals surface area contributed by atoms with E-state index in [1.807, 2.05) is 6.92 Å². The molecule has 9 heteroatoms. The average Bonchev–Trinajstić information content (AvgIpc) is 3.48. The van der Waals surface area contributed by atoms with Crippen LogP contribution in [0.15, 0.2) is 39.1 Å². The quantitative estimate of drug-likeness (QED) is 0.390. The van der Waals surface area contributed by atoms with Gasteiger partial charge in [0.2, 0.25) is 0 Å². The minimum atomic E-state index is -1.22. The fourth-order valence-corrected chi connectivity index (χ4v) is 2.67. The molecule has 1 saturated carbocycles. The summed E-state index contributed by atoms with van der Waals surface area (Å²) in [7, 11) is 1.29. The largest absolute Gasteiger partial charge is 0.476 e. The Morgan fingerprint density at radius 1 is 1.24 bits per heavy atom. The lowest BCUT2D eigenvalue weighted by Crippen LogP contribution is -2.20. The standard InChI is InChI=1S/C20H23N3O6/c1-12-17(13(2)29-21-12)11-28-23-19(27-10-14-8-9-14)16-7-5-4-6-15(16)18(20(24)25)22-26-3/h4-7,14H,8-11H2,1-3H3,(H,24,25). The van der Waals surface area contributed by atoms with Gasteiger partial charge in [0.05, 0.1) is 17.9 Å². The van der Waals surface area contributed by atoms with Crippen LogP contribution in [0, 0.1) is 19.8 Å². The summed E-state index contributed by atoms with van der Waals surface area (Å²) in [5.41, 5.74) is 2.04. The van der Waals surface area contributed by atoms with E-state index in [0.717, 1.165) is 24.1 Å². The number of carboxylic acid groups (broad SMARTS) is 1. The molecule has 1 N–H and O–H groups in total. The van der Waals surface area contributed by atoms with Gasteiger partial charge in [-0.3, -0.25) is 0 Å². The van der Waals surface area contributed by atoms with Crippen molar-refractivity contribution in [2.24, 2.45) is 16.2 Å². The van der Waals surface area contributed by atoms with E-state index in [1.54, 1.807) is 31.2 Å². The lowest BCUT2D eigenvalue weighted by Gasteiger charge is -2.13. The van der Waals surface area contributed by atoms with Gasteiger partial charge >= 0.3 is 5.97 Å². The molecule has 3 rings (SSSR count). The molecule has 29 heavy (non-hydrogen) atoms. The first-order valence-electron chi connectivity index (χ1n) is 9.20. The van der Waals surface area contributed by atoms with Gasteiger partial charge in [0.25, 0.3) is 5.90 Å². The number of aryl methyl sites for hydroxylation is 2. The molecule has 0 bridgehead atoms. The van der Waals surface area contributed by atoms with E-state index in [-0.39, 0.29) is 18.2 Å². The van der Waals surface area contributed by atoms with Crippen molar-refractivity contribution >= 4 is 17.6 Å². The summed E-state index contributed by atoms with van der Waals surface area (Å²) in [6.07, 6.45) is 2.20. The number of aliphatic carboxylic acids is 1. The number of hydrogen-bond donors (Lipinski definition) is 1. The number of benzene rings is 1. The number of ether oxygens (including phenoxy) is 1. The van der Waals surface area contributed by atoms with E-state index >= 15 is 0 Å². The first kappa shape index (κ1) is 20.4. The summed E-state index contributed by atoms with van der Waals surface area (Å²) in [4.78, 5) is 21.9. The zero-order valence-electron chi connectivity index (χ0n) is 16.5. The van der Waals surface area contributed by atoms with Gasteiger partial charge in [-0.1, -0.05) is 28.5 Å². The fourth-order valence-electron chi connectivity index (χ4n) is 2.67. The highest BCUT2D eigenvalue weighted by Gasteiger charge is 2.26. The molecule has 0 saturated heterocycles. The van der Waals surface area contributed by atoms with Crippen LogP contribution in [-0.2, 0) is 25.8 Å². The summed E-state index contributed by atoms with van der Waals surface area (Å²) in [5.74, 6) is 0.0854. The van der Waals surface area contributed by atoms with E-state index in [2.05, 4.69) is 15.5 Å². The lowest BCUT2D eigenvalue weighted by atomic mass is 10.0. The Hall–Kier alpha value is -3.36. The molecule has 1 fully saturated rings. The molecule has 0 aliphatic heterocycles. The van der Waals surface area contributed by atoms with Crippen LogP contribution in [0.1, 0.15) is 41.0 Å². The predicted molar refractivity (Wildman–Crippen MR) is 104 cm³/mol. The minimum Gasteiger partial charge on any atom is -0.476 e. The fraction of sp³-hybridized carbons (Fsp3) is 0.400. The van der Waals surface area contributed by atoms with Crippen molar-refractivity contribution in [2.45, 2.75) is 33.3 Å². The Labute approximate surface area is 167 Å². The molecular weight excluding hydrogens is 378 g/mol. The summed E-state index contributed by atoms with van der Waals surface area (Å²) in [5, 5.41) is 21.2. The minimum absolute atomic E-state index is 0.150. The second-order valence-corrected chi connectivity index (χ2v) is 6.70. The Kier molecular flexibility index (Phi) is 6.48. The number of aromatic nitrogens is 1. The van der Waals surface area contributed by atoms with Gasteiger partial charge < -0.3 is 24.0 Å². The molecule has 1 heterocycles. The van der Waals surface area contributed by atoms with E-state index in [4.69, 9.17) is 18.9 Å². The van der Waals surface area contributed by atoms with Gasteiger partial charge in [0.15, 0.2) is 5.71 Å². The van der Waals surface area contributed by atoms with Crippen LogP contribution in [-0.4, -0.2) is 41.6 Å². The zero-order valence-corrected chi connectivity index (χ0v) is 16.5. The van der Waals surface area contributed by atoms with Crippen molar-refractivity contribution in [3.8, 4) is 0 Å². The molecule has 1 aromatic heterocycles. The zero-order chi connectivity index (χ0) is 20.8. The van der Waals surface area contributed by atoms with Gasteiger partial charge in [0, 0.05) is 11.1 Å². The highest BCUT2D eigenvalue weighted by atomic mass is 16.6. The predicted octanol–water partition coefficient (Wildman–Crippen LogP) is 3.03. The molecule has 0 spiro atoms. The third kappa shape index (κ3) is 5.13. The molecule has 2 aromatic rings. The molecular formula is C20H23N3O6. The number of carbonyl (C=O) groups is 1. The van der Waals surface area contributed by atoms with Crippen LogP contribution in [0.5, 0.6) is 0 Å². The van der Waals surface area contributed by atoms with Gasteiger partial charge in [-0.15, -0.1) is 0 Å². The van der Waals surface area contributed by atoms with Crippen LogP contribution in [0.3, 0.4) is 0 Å². The van der Waals surface area contributed by atoms with Crippen LogP contribution in [0.25, 0.3) is 0 Å². The first-order chi connectivity index (χ1) is 14.0. The number of hydrogen-bond acceptors (Lipinski definition) is 8.